The van der Waals surface area contributed by atoms with Crippen LogP contribution in [0.2, 0.25) is 0 Å². The lowest BCUT2D eigenvalue weighted by Crippen LogP contribution is -2.56. The maximum Gasteiger partial charge on any atom is 0.407 e. The Morgan fingerprint density at radius 1 is 1.42 bits per heavy atom. The lowest BCUT2D eigenvalue weighted by Gasteiger charge is -2.43. The maximum absolute atomic E-state index is 12.1. The van der Waals surface area contributed by atoms with Gasteiger partial charge in [-0.15, -0.1) is 0 Å². The van der Waals surface area contributed by atoms with E-state index < -0.39 is 23.0 Å². The van der Waals surface area contributed by atoms with Crippen LogP contribution in [0.5, 0.6) is 0 Å². The largest absolute Gasteiger partial charge is 0.465 e. The molecule has 2 atom stereocenters. The average Bonchev–Trinajstić information content (AvgIpc) is 2.70. The predicted octanol–water partition coefficient (Wildman–Crippen LogP) is 1.29. The summed E-state index contributed by atoms with van der Waals surface area (Å²) in [6.45, 7) is 5.74. The van der Waals surface area contributed by atoms with Crippen LogP contribution in [0.25, 0.3) is 0 Å². The number of hydrogen-bond donors (Lipinski definition) is 1. The first-order valence-corrected chi connectivity index (χ1v) is 6.40. The van der Waals surface area contributed by atoms with Crippen LogP contribution in [0, 0.1) is 11.3 Å². The smallest absolute Gasteiger partial charge is 0.407 e. The number of ether oxygens (including phenoxy) is 1. The summed E-state index contributed by atoms with van der Waals surface area (Å²) in [4.78, 5) is 36.1. The minimum Gasteiger partial charge on any atom is -0.465 e. The van der Waals surface area contributed by atoms with Crippen molar-refractivity contribution in [2.45, 2.75) is 39.2 Å². The summed E-state index contributed by atoms with van der Waals surface area (Å²) in [6, 6.07) is 0. The van der Waals surface area contributed by atoms with Crippen LogP contribution >= 0.6 is 0 Å². The molecule has 0 radical (unpaired) electrons. The highest BCUT2D eigenvalue weighted by molar-refractivity contribution is 6.00. The van der Waals surface area contributed by atoms with E-state index in [1.165, 1.54) is 4.90 Å². The number of carbonyl (C=O) groups excluding carboxylic acids is 2. The monoisotopic (exact) mass is 269 g/mol. The molecular weight excluding hydrogens is 250 g/mol. The van der Waals surface area contributed by atoms with Crippen LogP contribution < -0.4 is 0 Å². The van der Waals surface area contributed by atoms with Crippen molar-refractivity contribution in [3.63, 3.8) is 0 Å². The van der Waals surface area contributed by atoms with Gasteiger partial charge in [-0.2, -0.15) is 0 Å². The van der Waals surface area contributed by atoms with Gasteiger partial charge in [0.15, 0.2) is 0 Å². The van der Waals surface area contributed by atoms with Crippen LogP contribution in [0.3, 0.4) is 0 Å². The van der Waals surface area contributed by atoms with Crippen molar-refractivity contribution < 1.29 is 24.2 Å². The molecule has 0 unspecified atom stereocenters. The van der Waals surface area contributed by atoms with Gasteiger partial charge in [0.2, 0.25) is 0 Å². The van der Waals surface area contributed by atoms with Crippen LogP contribution in [0.1, 0.15) is 33.6 Å². The third-order valence-corrected chi connectivity index (χ3v) is 3.87. The summed E-state index contributed by atoms with van der Waals surface area (Å²) in [5, 5.41) is 8.96. The molecular formula is C13H19NO5. The van der Waals surface area contributed by atoms with E-state index in [2.05, 4.69) is 0 Å². The fourth-order valence-electron chi connectivity index (χ4n) is 2.84. The van der Waals surface area contributed by atoms with Crippen LogP contribution in [0.15, 0.2) is 0 Å². The van der Waals surface area contributed by atoms with Gasteiger partial charge in [-0.3, -0.25) is 9.59 Å². The van der Waals surface area contributed by atoms with Gasteiger partial charge in [0, 0.05) is 19.5 Å². The summed E-state index contributed by atoms with van der Waals surface area (Å²) in [7, 11) is 0. The van der Waals surface area contributed by atoms with Crippen molar-refractivity contribution in [3.8, 4) is 0 Å². The first-order chi connectivity index (χ1) is 8.66. The highest BCUT2D eigenvalue weighted by Gasteiger charge is 2.62. The van der Waals surface area contributed by atoms with Gasteiger partial charge in [-0.1, -0.05) is 0 Å². The Kier molecular flexibility index (Phi) is 3.07. The number of carboxylic acid groups (broad SMARTS) is 1. The standard InChI is InChI=1S/C13H19NO5/c1-12(2,3)19-10(16)8-6-9(15)13(8)4-5-14(7-13)11(17)18/h8H,4-7H2,1-3H3,(H,17,18)/t8-,13+/m0/s1. The van der Waals surface area contributed by atoms with Crippen molar-refractivity contribution in [1.29, 1.82) is 0 Å². The molecule has 1 amide bonds. The van der Waals surface area contributed by atoms with Gasteiger partial charge < -0.3 is 14.7 Å². The Morgan fingerprint density at radius 3 is 2.47 bits per heavy atom. The molecule has 0 aromatic rings. The number of nitrogens with zero attached hydrogens (tertiary/aromatic N) is 1. The highest BCUT2D eigenvalue weighted by Crippen LogP contribution is 2.50. The van der Waals surface area contributed by atoms with E-state index in [0.717, 1.165) is 0 Å². The molecule has 19 heavy (non-hydrogen) atoms. The van der Waals surface area contributed by atoms with Gasteiger partial charge in [-0.05, 0) is 27.2 Å². The van der Waals surface area contributed by atoms with Gasteiger partial charge in [-0.25, -0.2) is 4.79 Å². The molecule has 1 N–H and O–H groups in total. The molecule has 1 aliphatic heterocycles. The fraction of sp³-hybridized carbons (Fsp3) is 0.769. The molecule has 2 aliphatic rings. The average molecular weight is 269 g/mol. The lowest BCUT2D eigenvalue weighted by molar-refractivity contribution is -0.177. The van der Waals surface area contributed by atoms with E-state index in [1.54, 1.807) is 20.8 Å². The quantitative estimate of drug-likeness (QED) is 0.725. The minimum absolute atomic E-state index is 0.0212. The third kappa shape index (κ3) is 2.31. The molecule has 2 rings (SSSR count). The summed E-state index contributed by atoms with van der Waals surface area (Å²) < 4.78 is 5.32. The number of esters is 1. The second kappa shape index (κ2) is 4.21. The summed E-state index contributed by atoms with van der Waals surface area (Å²) >= 11 is 0. The molecule has 1 heterocycles. The minimum atomic E-state index is -1.04. The number of ketones is 1. The predicted molar refractivity (Wildman–Crippen MR) is 65.6 cm³/mol. The Balaban J connectivity index is 2.10. The van der Waals surface area contributed by atoms with Crippen molar-refractivity contribution in [1.82, 2.24) is 4.90 Å². The van der Waals surface area contributed by atoms with Crippen molar-refractivity contribution in [2.24, 2.45) is 11.3 Å². The van der Waals surface area contributed by atoms with Gasteiger partial charge >= 0.3 is 12.1 Å². The zero-order chi connectivity index (χ0) is 14.4. The Bertz CT molecular complexity index is 439. The summed E-state index contributed by atoms with van der Waals surface area (Å²) in [6.07, 6.45) is -0.454. The van der Waals surface area contributed by atoms with E-state index in [9.17, 15) is 14.4 Å². The number of amides is 1. The SMILES string of the molecule is CC(C)(C)OC(=O)[C@@H]1CC(=O)[C@@]12CCN(C(=O)O)C2. The summed E-state index contributed by atoms with van der Waals surface area (Å²) in [5.41, 5.74) is -1.43. The molecule has 0 aromatic heterocycles. The maximum atomic E-state index is 12.1. The molecule has 6 heteroatoms. The lowest BCUT2D eigenvalue weighted by atomic mass is 9.58. The van der Waals surface area contributed by atoms with E-state index in [4.69, 9.17) is 9.84 Å². The second-order valence-corrected chi connectivity index (χ2v) is 6.32. The summed E-state index contributed by atoms with van der Waals surface area (Å²) in [5.74, 6) is -0.907. The zero-order valence-electron chi connectivity index (χ0n) is 11.4. The van der Waals surface area contributed by atoms with Gasteiger partial charge in [0.25, 0.3) is 0 Å². The van der Waals surface area contributed by atoms with Crippen LogP contribution in [-0.4, -0.2) is 46.5 Å². The van der Waals surface area contributed by atoms with Crippen LogP contribution in [0.4, 0.5) is 4.79 Å². The zero-order valence-corrected chi connectivity index (χ0v) is 11.4. The number of rotatable bonds is 1. The molecule has 6 nitrogen and oxygen atoms in total. The molecule has 106 valence electrons. The second-order valence-electron chi connectivity index (χ2n) is 6.32. The van der Waals surface area contributed by atoms with Gasteiger partial charge in [0.1, 0.15) is 11.4 Å². The topological polar surface area (TPSA) is 83.9 Å². The van der Waals surface area contributed by atoms with E-state index in [0.29, 0.717) is 13.0 Å². The Morgan fingerprint density at radius 2 is 2.05 bits per heavy atom. The third-order valence-electron chi connectivity index (χ3n) is 3.87. The number of carbonyl (C=O) groups is 3. The number of Topliss-reactive ketones (excluding diaryl/α,β-unsaturated/α-hetero) is 1. The molecule has 0 aromatic carbocycles. The molecule has 0 bridgehead atoms. The first kappa shape index (κ1) is 13.8. The van der Waals surface area contributed by atoms with Crippen molar-refractivity contribution >= 4 is 17.8 Å². The number of hydrogen-bond acceptors (Lipinski definition) is 4. The Hall–Kier alpha value is -1.59. The molecule has 1 spiro atoms. The van der Waals surface area contributed by atoms with Gasteiger partial charge in [0.05, 0.1) is 11.3 Å². The molecule has 1 saturated heterocycles. The van der Waals surface area contributed by atoms with E-state index >= 15 is 0 Å². The molecule has 2 fully saturated rings. The first-order valence-electron chi connectivity index (χ1n) is 6.40. The fourth-order valence-corrected chi connectivity index (χ4v) is 2.84. The highest BCUT2D eigenvalue weighted by atomic mass is 16.6. The van der Waals surface area contributed by atoms with Crippen molar-refractivity contribution in [2.75, 3.05) is 13.1 Å². The normalized spacial score (nSPS) is 30.4. The molecule has 1 aliphatic carbocycles. The van der Waals surface area contributed by atoms with E-state index in [-0.39, 0.29) is 24.7 Å². The van der Waals surface area contributed by atoms with Crippen LogP contribution in [-0.2, 0) is 14.3 Å². The molecule has 1 saturated carbocycles. The number of likely N-dealkylation sites (tertiary alicyclic amines) is 1. The van der Waals surface area contributed by atoms with E-state index in [1.807, 2.05) is 0 Å². The van der Waals surface area contributed by atoms with Crippen molar-refractivity contribution in [3.05, 3.63) is 0 Å². The Labute approximate surface area is 111 Å².